The highest BCUT2D eigenvalue weighted by Gasteiger charge is 2.13. The van der Waals surface area contributed by atoms with Gasteiger partial charge in [0.15, 0.2) is 5.82 Å². The molecule has 0 aliphatic heterocycles. The highest BCUT2D eigenvalue weighted by molar-refractivity contribution is 9.11. The summed E-state index contributed by atoms with van der Waals surface area (Å²) in [5.41, 5.74) is 0.103. The molecule has 1 aromatic carbocycles. The lowest BCUT2D eigenvalue weighted by Crippen LogP contribution is -1.95. The summed E-state index contributed by atoms with van der Waals surface area (Å²) < 4.78 is 13.8. The molecule has 0 saturated heterocycles. The molecule has 0 aliphatic rings. The van der Waals surface area contributed by atoms with Gasteiger partial charge in [0.1, 0.15) is 17.7 Å². The number of nitrogens with zero attached hydrogens (tertiary/aromatic N) is 2. The maximum absolute atomic E-state index is 13.5. The van der Waals surface area contributed by atoms with Crippen molar-refractivity contribution in [2.45, 2.75) is 0 Å². The Morgan fingerprint density at radius 1 is 1.41 bits per heavy atom. The summed E-state index contributed by atoms with van der Waals surface area (Å²) in [6, 6.07) is 4.70. The first-order valence-corrected chi connectivity index (χ1v) is 6.07. The van der Waals surface area contributed by atoms with E-state index >= 15 is 0 Å². The van der Waals surface area contributed by atoms with Crippen LogP contribution in [-0.2, 0) is 0 Å². The Morgan fingerprint density at radius 2 is 2.00 bits per heavy atom. The number of anilines is 1. The monoisotopic (exact) mass is 377 g/mol. The Hall–Kier alpha value is -1.08. The molecule has 0 aliphatic carbocycles. The summed E-state index contributed by atoms with van der Waals surface area (Å²) in [5, 5.41) is 19.9. The molecule has 1 rings (SSSR count). The third-order valence-electron chi connectivity index (χ3n) is 1.72. The van der Waals surface area contributed by atoms with E-state index in [0.717, 1.165) is 6.20 Å². The summed E-state index contributed by atoms with van der Waals surface area (Å²) in [6.45, 7) is 0. The quantitative estimate of drug-likeness (QED) is 0.472. The van der Waals surface area contributed by atoms with Crippen LogP contribution in [0.3, 0.4) is 0 Å². The standard InChI is InChI=1S/C10H3Br2ClFN3/c11-6-1-7(13)10(8(12)9(6)14)17-4-5(2-15)3-16/h1,4,17H. The van der Waals surface area contributed by atoms with Crippen molar-refractivity contribution in [2.75, 3.05) is 5.32 Å². The summed E-state index contributed by atoms with van der Waals surface area (Å²) in [4.78, 5) is 0. The van der Waals surface area contributed by atoms with Crippen LogP contribution in [0, 0.1) is 28.5 Å². The minimum atomic E-state index is -0.527. The van der Waals surface area contributed by atoms with Crippen LogP contribution in [0.2, 0.25) is 5.02 Å². The van der Waals surface area contributed by atoms with Crippen molar-refractivity contribution >= 4 is 49.1 Å². The van der Waals surface area contributed by atoms with Gasteiger partial charge in [-0.15, -0.1) is 0 Å². The molecule has 0 unspecified atom stereocenters. The van der Waals surface area contributed by atoms with Crippen LogP contribution in [0.15, 0.2) is 26.8 Å². The van der Waals surface area contributed by atoms with Crippen molar-refractivity contribution in [1.82, 2.24) is 0 Å². The Kier molecular flexibility index (Phi) is 4.95. The maximum Gasteiger partial charge on any atom is 0.153 e. The van der Waals surface area contributed by atoms with Gasteiger partial charge in [0, 0.05) is 6.20 Å². The van der Waals surface area contributed by atoms with Gasteiger partial charge in [-0.1, -0.05) is 11.6 Å². The number of allylic oxidation sites excluding steroid dienone is 1. The van der Waals surface area contributed by atoms with E-state index in [1.165, 1.54) is 6.07 Å². The predicted octanol–water partition coefficient (Wildman–Crippen LogP) is 4.35. The number of halogens is 4. The first kappa shape index (κ1) is 14.0. The molecule has 3 nitrogen and oxygen atoms in total. The van der Waals surface area contributed by atoms with Gasteiger partial charge in [-0.05, 0) is 37.9 Å². The van der Waals surface area contributed by atoms with E-state index in [4.69, 9.17) is 22.1 Å². The smallest absolute Gasteiger partial charge is 0.153 e. The van der Waals surface area contributed by atoms with E-state index < -0.39 is 5.82 Å². The van der Waals surface area contributed by atoms with Crippen molar-refractivity contribution in [3.63, 3.8) is 0 Å². The zero-order chi connectivity index (χ0) is 13.0. The second kappa shape index (κ2) is 6.02. The second-order valence-electron chi connectivity index (χ2n) is 2.77. The van der Waals surface area contributed by atoms with Gasteiger partial charge in [-0.3, -0.25) is 0 Å². The fourth-order valence-corrected chi connectivity index (χ4v) is 2.67. The van der Waals surface area contributed by atoms with Gasteiger partial charge in [-0.2, -0.15) is 10.5 Å². The Morgan fingerprint density at radius 3 is 2.53 bits per heavy atom. The molecule has 1 aromatic rings. The molecule has 0 spiro atoms. The molecule has 1 N–H and O–H groups in total. The van der Waals surface area contributed by atoms with E-state index in [1.807, 2.05) is 0 Å². The van der Waals surface area contributed by atoms with Gasteiger partial charge in [0.05, 0.1) is 19.7 Å². The zero-order valence-corrected chi connectivity index (χ0v) is 12.0. The number of nitriles is 2. The summed E-state index contributed by atoms with van der Waals surface area (Å²) >= 11 is 11.9. The van der Waals surface area contributed by atoms with E-state index in [9.17, 15) is 4.39 Å². The van der Waals surface area contributed by atoms with Gasteiger partial charge in [0.25, 0.3) is 0 Å². The number of hydrogen-bond acceptors (Lipinski definition) is 3. The van der Waals surface area contributed by atoms with Crippen LogP contribution in [0.4, 0.5) is 10.1 Å². The molecule has 0 saturated carbocycles. The van der Waals surface area contributed by atoms with Crippen molar-refractivity contribution in [3.8, 4) is 12.1 Å². The molecule has 86 valence electrons. The zero-order valence-electron chi connectivity index (χ0n) is 8.06. The van der Waals surface area contributed by atoms with Crippen molar-refractivity contribution in [2.24, 2.45) is 0 Å². The Balaban J connectivity index is 3.18. The van der Waals surface area contributed by atoms with Gasteiger partial charge in [0.2, 0.25) is 0 Å². The molecular formula is C10H3Br2ClFN3. The molecule has 0 aromatic heterocycles. The van der Waals surface area contributed by atoms with Gasteiger partial charge >= 0.3 is 0 Å². The second-order valence-corrected chi connectivity index (χ2v) is 4.82. The lowest BCUT2D eigenvalue weighted by atomic mass is 10.3. The van der Waals surface area contributed by atoms with Crippen LogP contribution in [0.25, 0.3) is 0 Å². The van der Waals surface area contributed by atoms with E-state index in [-0.39, 0.29) is 25.2 Å². The average molecular weight is 379 g/mol. The molecule has 0 radical (unpaired) electrons. The van der Waals surface area contributed by atoms with E-state index in [1.54, 1.807) is 12.1 Å². The number of nitrogens with one attached hydrogen (secondary N) is 1. The molecule has 17 heavy (non-hydrogen) atoms. The Bertz CT molecular complexity index is 556. The largest absolute Gasteiger partial charge is 0.358 e. The molecule has 0 amide bonds. The van der Waals surface area contributed by atoms with Gasteiger partial charge in [-0.25, -0.2) is 4.39 Å². The number of hydrogen-bond donors (Lipinski definition) is 1. The summed E-state index contributed by atoms with van der Waals surface area (Å²) in [7, 11) is 0. The van der Waals surface area contributed by atoms with Crippen LogP contribution in [0.5, 0.6) is 0 Å². The minimum Gasteiger partial charge on any atom is -0.358 e. The first-order valence-electron chi connectivity index (χ1n) is 4.11. The topological polar surface area (TPSA) is 59.6 Å². The van der Waals surface area contributed by atoms with Crippen molar-refractivity contribution in [1.29, 1.82) is 10.5 Å². The van der Waals surface area contributed by atoms with E-state index in [0.29, 0.717) is 0 Å². The van der Waals surface area contributed by atoms with Gasteiger partial charge < -0.3 is 5.32 Å². The molecule has 7 heteroatoms. The van der Waals surface area contributed by atoms with Crippen LogP contribution in [-0.4, -0.2) is 0 Å². The van der Waals surface area contributed by atoms with Crippen LogP contribution < -0.4 is 5.32 Å². The first-order chi connectivity index (χ1) is 8.01. The lowest BCUT2D eigenvalue weighted by Gasteiger charge is -2.09. The fraction of sp³-hybridized carbons (Fsp3) is 0. The lowest BCUT2D eigenvalue weighted by molar-refractivity contribution is 0.615. The number of rotatable bonds is 2. The molecule has 0 atom stereocenters. The predicted molar refractivity (Wildman–Crippen MR) is 69.7 cm³/mol. The van der Waals surface area contributed by atoms with Crippen LogP contribution >= 0.6 is 43.5 Å². The molecule has 0 heterocycles. The molecule has 0 bridgehead atoms. The minimum absolute atomic E-state index is 0.114. The molecule has 0 fully saturated rings. The third-order valence-corrected chi connectivity index (χ3v) is 3.34. The summed E-state index contributed by atoms with van der Waals surface area (Å²) in [6.07, 6.45) is 1.15. The van der Waals surface area contributed by atoms with Crippen LogP contribution in [0.1, 0.15) is 0 Å². The Labute approximate surface area is 119 Å². The van der Waals surface area contributed by atoms with Crippen molar-refractivity contribution in [3.05, 3.63) is 37.6 Å². The fourth-order valence-electron chi connectivity index (χ4n) is 0.932. The average Bonchev–Trinajstić information content (AvgIpc) is 2.31. The highest BCUT2D eigenvalue weighted by atomic mass is 79.9. The summed E-state index contributed by atoms with van der Waals surface area (Å²) in [5.74, 6) is -0.527. The maximum atomic E-state index is 13.5. The normalized spacial score (nSPS) is 9.06. The molecular weight excluding hydrogens is 376 g/mol. The van der Waals surface area contributed by atoms with E-state index in [2.05, 4.69) is 37.2 Å². The third kappa shape index (κ3) is 3.19. The SMILES string of the molecule is N#CC(C#N)=CNc1c(Cl)cc(Br)c(F)c1Br. The number of benzene rings is 1. The highest BCUT2D eigenvalue weighted by Crippen LogP contribution is 2.37. The van der Waals surface area contributed by atoms with Crippen molar-refractivity contribution < 1.29 is 4.39 Å².